The molecule has 0 saturated heterocycles. The highest BCUT2D eigenvalue weighted by Gasteiger charge is 2.20. The molecule has 21 heavy (non-hydrogen) atoms. The van der Waals surface area contributed by atoms with Gasteiger partial charge in [-0.15, -0.1) is 0 Å². The third-order valence-electron chi connectivity index (χ3n) is 2.91. The van der Waals surface area contributed by atoms with Crippen LogP contribution in [0.15, 0.2) is 12.3 Å². The van der Waals surface area contributed by atoms with E-state index in [2.05, 4.69) is 11.7 Å². The first kappa shape index (κ1) is 17.3. The van der Waals surface area contributed by atoms with E-state index in [-0.39, 0.29) is 12.4 Å². The summed E-state index contributed by atoms with van der Waals surface area (Å²) in [4.78, 5) is 23.6. The maximum absolute atomic E-state index is 12.2. The molecule has 0 aliphatic carbocycles. The number of aromatic nitrogens is 1. The van der Waals surface area contributed by atoms with Crippen LogP contribution in [0.1, 0.15) is 51.8 Å². The van der Waals surface area contributed by atoms with Gasteiger partial charge in [0.2, 0.25) is 0 Å². The molecule has 1 heterocycles. The largest absolute Gasteiger partial charge is 0.469 e. The highest BCUT2D eigenvalue weighted by atomic mass is 16.6. The summed E-state index contributed by atoms with van der Waals surface area (Å²) in [5, 5.41) is 0. The third kappa shape index (κ3) is 5.61. The zero-order chi connectivity index (χ0) is 16.0. The zero-order valence-electron chi connectivity index (χ0n) is 13.6. The lowest BCUT2D eigenvalue weighted by atomic mass is 10.1. The van der Waals surface area contributed by atoms with Crippen molar-refractivity contribution in [1.82, 2.24) is 4.57 Å². The van der Waals surface area contributed by atoms with Crippen LogP contribution in [0.5, 0.6) is 0 Å². The topological polar surface area (TPSA) is 57.5 Å². The molecule has 0 amide bonds. The van der Waals surface area contributed by atoms with Crippen LogP contribution < -0.4 is 0 Å². The molecule has 0 unspecified atom stereocenters. The minimum absolute atomic E-state index is 0.158. The zero-order valence-corrected chi connectivity index (χ0v) is 13.6. The summed E-state index contributed by atoms with van der Waals surface area (Å²) in [6, 6.07) is 1.87. The fraction of sp³-hybridized carbons (Fsp3) is 0.625. The Labute approximate surface area is 126 Å². The number of carbonyl (C=O) groups is 2. The molecule has 0 aliphatic heterocycles. The number of ether oxygens (including phenoxy) is 2. The van der Waals surface area contributed by atoms with Crippen molar-refractivity contribution in [2.45, 2.75) is 59.0 Å². The molecule has 0 atom stereocenters. The van der Waals surface area contributed by atoms with Crippen LogP contribution in [0.3, 0.4) is 0 Å². The van der Waals surface area contributed by atoms with Crippen molar-refractivity contribution in [3.63, 3.8) is 0 Å². The van der Waals surface area contributed by atoms with E-state index in [4.69, 9.17) is 4.74 Å². The Morgan fingerprint density at radius 1 is 1.29 bits per heavy atom. The number of hydrogen-bond acceptors (Lipinski definition) is 4. The number of esters is 1. The molecule has 0 spiro atoms. The molecule has 0 aromatic carbocycles. The molecule has 118 valence electrons. The number of carbonyl (C=O) groups excluding carboxylic acids is 2. The van der Waals surface area contributed by atoms with Crippen LogP contribution >= 0.6 is 0 Å². The fourth-order valence-electron chi connectivity index (χ4n) is 1.94. The Bertz CT molecular complexity index is 497. The van der Waals surface area contributed by atoms with Crippen molar-refractivity contribution in [1.29, 1.82) is 0 Å². The predicted octanol–water partition coefficient (Wildman–Crippen LogP) is 3.33. The number of hydrogen-bond donors (Lipinski definition) is 0. The van der Waals surface area contributed by atoms with Crippen molar-refractivity contribution >= 4 is 12.1 Å². The average molecular weight is 295 g/mol. The number of methoxy groups -OCH3 is 1. The molecule has 0 N–H and O–H groups in total. The van der Waals surface area contributed by atoms with Crippen LogP contribution in [0.4, 0.5) is 4.79 Å². The maximum atomic E-state index is 12.2. The molecule has 0 saturated carbocycles. The standard InChI is InChI=1S/C16H25NO4/c1-6-7-8-13-9-12(10-14(18)20-5)11-17(13)15(19)21-16(2,3)4/h9,11H,6-8,10H2,1-5H3. The van der Waals surface area contributed by atoms with Crippen LogP contribution in [0.25, 0.3) is 0 Å². The molecule has 1 rings (SSSR count). The quantitative estimate of drug-likeness (QED) is 0.782. The lowest BCUT2D eigenvalue weighted by molar-refractivity contribution is -0.139. The fourth-order valence-corrected chi connectivity index (χ4v) is 1.94. The van der Waals surface area contributed by atoms with Gasteiger partial charge in [0.05, 0.1) is 13.5 Å². The number of nitrogens with zero attached hydrogens (tertiary/aromatic N) is 1. The first-order chi connectivity index (χ1) is 9.76. The van der Waals surface area contributed by atoms with Gasteiger partial charge in [0.25, 0.3) is 0 Å². The summed E-state index contributed by atoms with van der Waals surface area (Å²) in [6.45, 7) is 7.58. The Morgan fingerprint density at radius 3 is 2.48 bits per heavy atom. The number of unbranched alkanes of at least 4 members (excludes halogenated alkanes) is 1. The van der Waals surface area contributed by atoms with Gasteiger partial charge in [-0.05, 0) is 45.2 Å². The Kier molecular flexibility index (Phi) is 6.00. The van der Waals surface area contributed by atoms with E-state index in [1.54, 1.807) is 6.20 Å². The summed E-state index contributed by atoms with van der Waals surface area (Å²) >= 11 is 0. The molecule has 5 heteroatoms. The van der Waals surface area contributed by atoms with Crippen LogP contribution in [-0.4, -0.2) is 29.3 Å². The normalized spacial score (nSPS) is 11.3. The van der Waals surface area contributed by atoms with Crippen LogP contribution in [-0.2, 0) is 27.1 Å². The third-order valence-corrected chi connectivity index (χ3v) is 2.91. The summed E-state index contributed by atoms with van der Waals surface area (Å²) in [6.07, 6.45) is 4.19. The van der Waals surface area contributed by atoms with Gasteiger partial charge in [-0.3, -0.25) is 9.36 Å². The summed E-state index contributed by atoms with van der Waals surface area (Å²) in [7, 11) is 1.35. The van der Waals surface area contributed by atoms with E-state index in [1.165, 1.54) is 11.7 Å². The smallest absolute Gasteiger partial charge is 0.418 e. The highest BCUT2D eigenvalue weighted by Crippen LogP contribution is 2.16. The molecule has 1 aromatic rings. The maximum Gasteiger partial charge on any atom is 0.418 e. The van der Waals surface area contributed by atoms with Gasteiger partial charge in [-0.25, -0.2) is 4.79 Å². The summed E-state index contributed by atoms with van der Waals surface area (Å²) < 4.78 is 11.6. The van der Waals surface area contributed by atoms with Crippen LogP contribution in [0, 0.1) is 0 Å². The number of rotatable bonds is 5. The average Bonchev–Trinajstić information content (AvgIpc) is 2.77. The van der Waals surface area contributed by atoms with Crippen LogP contribution in [0.2, 0.25) is 0 Å². The van der Waals surface area contributed by atoms with Gasteiger partial charge in [0, 0.05) is 11.9 Å². The second-order valence-electron chi connectivity index (χ2n) is 6.05. The first-order valence-electron chi connectivity index (χ1n) is 7.27. The van der Waals surface area contributed by atoms with Gasteiger partial charge < -0.3 is 9.47 Å². The predicted molar refractivity (Wildman–Crippen MR) is 80.4 cm³/mol. The highest BCUT2D eigenvalue weighted by molar-refractivity contribution is 5.75. The monoisotopic (exact) mass is 295 g/mol. The summed E-state index contributed by atoms with van der Waals surface area (Å²) in [5.41, 5.74) is 1.08. The lowest BCUT2D eigenvalue weighted by Gasteiger charge is -2.20. The second-order valence-corrected chi connectivity index (χ2v) is 6.05. The summed E-state index contributed by atoms with van der Waals surface area (Å²) in [5.74, 6) is -0.321. The van der Waals surface area contributed by atoms with E-state index in [0.29, 0.717) is 0 Å². The van der Waals surface area contributed by atoms with E-state index >= 15 is 0 Å². The van der Waals surface area contributed by atoms with Gasteiger partial charge in [-0.1, -0.05) is 13.3 Å². The number of aryl methyl sites for hydroxylation is 1. The molecular formula is C16H25NO4. The Balaban J connectivity index is 2.97. The van der Waals surface area contributed by atoms with Crippen molar-refractivity contribution in [2.75, 3.05) is 7.11 Å². The van der Waals surface area contributed by atoms with Crippen molar-refractivity contribution in [3.05, 3.63) is 23.5 Å². The van der Waals surface area contributed by atoms with Gasteiger partial charge in [-0.2, -0.15) is 0 Å². The van der Waals surface area contributed by atoms with Crippen molar-refractivity contribution in [3.8, 4) is 0 Å². The molecule has 1 aromatic heterocycles. The van der Waals surface area contributed by atoms with E-state index in [1.807, 2.05) is 26.8 Å². The minimum Gasteiger partial charge on any atom is -0.469 e. The molecule has 0 radical (unpaired) electrons. The minimum atomic E-state index is -0.550. The van der Waals surface area contributed by atoms with Crippen molar-refractivity contribution < 1.29 is 19.1 Å². The van der Waals surface area contributed by atoms with Gasteiger partial charge in [0.15, 0.2) is 0 Å². The first-order valence-corrected chi connectivity index (χ1v) is 7.27. The molecule has 0 bridgehead atoms. The van der Waals surface area contributed by atoms with Gasteiger partial charge in [0.1, 0.15) is 5.60 Å². The molecular weight excluding hydrogens is 270 g/mol. The van der Waals surface area contributed by atoms with Crippen molar-refractivity contribution in [2.24, 2.45) is 0 Å². The molecule has 5 nitrogen and oxygen atoms in total. The Hall–Kier alpha value is -1.78. The lowest BCUT2D eigenvalue weighted by Crippen LogP contribution is -2.27. The SMILES string of the molecule is CCCCc1cc(CC(=O)OC)cn1C(=O)OC(C)(C)C. The van der Waals surface area contributed by atoms with E-state index < -0.39 is 11.7 Å². The molecule has 0 fully saturated rings. The van der Waals surface area contributed by atoms with E-state index in [9.17, 15) is 9.59 Å². The Morgan fingerprint density at radius 2 is 1.95 bits per heavy atom. The van der Waals surface area contributed by atoms with E-state index in [0.717, 1.165) is 30.5 Å². The van der Waals surface area contributed by atoms with Gasteiger partial charge >= 0.3 is 12.1 Å². The molecule has 0 aliphatic rings. The second kappa shape index (κ2) is 7.29.